The number of phenols is 1. The lowest BCUT2D eigenvalue weighted by Crippen LogP contribution is -2.25. The van der Waals surface area contributed by atoms with Crippen molar-refractivity contribution < 1.29 is 5.11 Å². The Morgan fingerprint density at radius 1 is 1.53 bits per heavy atom. The van der Waals surface area contributed by atoms with Crippen LogP contribution in [-0.4, -0.2) is 27.2 Å². The van der Waals surface area contributed by atoms with Gasteiger partial charge in [0.05, 0.1) is 11.0 Å². The molecule has 2 aromatic rings. The Labute approximate surface area is 100 Å². The molecule has 0 aliphatic carbocycles. The van der Waals surface area contributed by atoms with Crippen LogP contribution < -0.4 is 5.32 Å². The molecule has 0 amide bonds. The van der Waals surface area contributed by atoms with Crippen LogP contribution in [0.4, 0.5) is 0 Å². The maximum absolute atomic E-state index is 9.45. The first-order valence-electron chi connectivity index (χ1n) is 6.12. The molecule has 2 N–H and O–H groups in total. The highest BCUT2D eigenvalue weighted by molar-refractivity contribution is 5.77. The fraction of sp³-hybridized carbons (Fsp3) is 0.462. The number of benzene rings is 1. The van der Waals surface area contributed by atoms with Gasteiger partial charge in [0, 0.05) is 25.6 Å². The zero-order valence-corrected chi connectivity index (χ0v) is 9.98. The number of aryl methyl sites for hydroxylation is 1. The lowest BCUT2D eigenvalue weighted by Gasteiger charge is -2.09. The summed E-state index contributed by atoms with van der Waals surface area (Å²) in [5.41, 5.74) is 1.95. The number of aromatic nitrogens is 2. The molecule has 1 unspecified atom stereocenters. The minimum Gasteiger partial charge on any atom is -0.508 e. The van der Waals surface area contributed by atoms with Crippen LogP contribution in [-0.2, 0) is 13.5 Å². The quantitative estimate of drug-likeness (QED) is 0.825. The van der Waals surface area contributed by atoms with Gasteiger partial charge in [-0.2, -0.15) is 0 Å². The van der Waals surface area contributed by atoms with Gasteiger partial charge in [-0.1, -0.05) is 0 Å². The minimum atomic E-state index is 0.279. The Balaban J connectivity index is 1.96. The van der Waals surface area contributed by atoms with Gasteiger partial charge >= 0.3 is 0 Å². The van der Waals surface area contributed by atoms with E-state index in [0.29, 0.717) is 6.04 Å². The molecule has 3 rings (SSSR count). The Bertz CT molecular complexity index is 541. The zero-order valence-electron chi connectivity index (χ0n) is 9.98. The Morgan fingerprint density at radius 3 is 3.18 bits per heavy atom. The number of hydrogen-bond donors (Lipinski definition) is 2. The summed E-state index contributed by atoms with van der Waals surface area (Å²) in [5, 5.41) is 12.9. The lowest BCUT2D eigenvalue weighted by atomic mass is 10.1. The second-order valence-electron chi connectivity index (χ2n) is 4.76. The van der Waals surface area contributed by atoms with Crippen LogP contribution in [0.2, 0.25) is 0 Å². The second kappa shape index (κ2) is 4.04. The highest BCUT2D eigenvalue weighted by Crippen LogP contribution is 2.21. The van der Waals surface area contributed by atoms with Gasteiger partial charge in [-0.25, -0.2) is 4.98 Å². The summed E-state index contributed by atoms with van der Waals surface area (Å²) in [7, 11) is 2.04. The maximum atomic E-state index is 9.45. The molecule has 0 saturated carbocycles. The van der Waals surface area contributed by atoms with Crippen LogP contribution in [0, 0.1) is 0 Å². The van der Waals surface area contributed by atoms with Crippen LogP contribution in [0.15, 0.2) is 18.2 Å². The van der Waals surface area contributed by atoms with Crippen molar-refractivity contribution in [3.05, 3.63) is 24.0 Å². The minimum absolute atomic E-state index is 0.279. The number of rotatable bonds is 2. The number of imidazole rings is 1. The van der Waals surface area contributed by atoms with Crippen molar-refractivity contribution in [1.82, 2.24) is 14.9 Å². The van der Waals surface area contributed by atoms with Crippen molar-refractivity contribution in [3.8, 4) is 5.75 Å². The first kappa shape index (κ1) is 10.6. The van der Waals surface area contributed by atoms with Crippen molar-refractivity contribution >= 4 is 11.0 Å². The Kier molecular flexibility index (Phi) is 2.52. The highest BCUT2D eigenvalue weighted by Gasteiger charge is 2.17. The summed E-state index contributed by atoms with van der Waals surface area (Å²) < 4.78 is 2.12. The molecule has 90 valence electrons. The van der Waals surface area contributed by atoms with Crippen molar-refractivity contribution in [2.75, 3.05) is 6.54 Å². The third-order valence-corrected chi connectivity index (χ3v) is 3.55. The van der Waals surface area contributed by atoms with Gasteiger partial charge < -0.3 is 15.0 Å². The van der Waals surface area contributed by atoms with Gasteiger partial charge in [-0.3, -0.25) is 0 Å². The SMILES string of the molecule is Cn1c(CC2CCCN2)nc2cc(O)ccc21. The van der Waals surface area contributed by atoms with Gasteiger partial charge in [0.2, 0.25) is 0 Å². The van der Waals surface area contributed by atoms with Crippen LogP contribution >= 0.6 is 0 Å². The van der Waals surface area contributed by atoms with E-state index in [1.54, 1.807) is 12.1 Å². The van der Waals surface area contributed by atoms with Gasteiger partial charge in [-0.05, 0) is 31.5 Å². The zero-order chi connectivity index (χ0) is 11.8. The fourth-order valence-corrected chi connectivity index (χ4v) is 2.57. The summed E-state index contributed by atoms with van der Waals surface area (Å²) in [4.78, 5) is 4.60. The molecule has 1 aliphatic heterocycles. The topological polar surface area (TPSA) is 50.1 Å². The molecule has 1 aromatic heterocycles. The smallest absolute Gasteiger partial charge is 0.117 e. The normalized spacial score (nSPS) is 20.2. The first-order valence-corrected chi connectivity index (χ1v) is 6.12. The number of hydrogen-bond acceptors (Lipinski definition) is 3. The van der Waals surface area contributed by atoms with Crippen LogP contribution in [0.1, 0.15) is 18.7 Å². The average Bonchev–Trinajstić information content (AvgIpc) is 2.89. The molecule has 1 saturated heterocycles. The standard InChI is InChI=1S/C13H17N3O/c1-16-12-5-4-10(17)8-11(12)15-13(16)7-9-3-2-6-14-9/h4-5,8-9,14,17H,2-3,6-7H2,1H3. The summed E-state index contributed by atoms with van der Waals surface area (Å²) in [5.74, 6) is 1.37. The molecule has 2 heterocycles. The predicted octanol–water partition coefficient (Wildman–Crippen LogP) is 1.57. The summed E-state index contributed by atoms with van der Waals surface area (Å²) in [6, 6.07) is 5.91. The van der Waals surface area contributed by atoms with Gasteiger partial charge in [0.1, 0.15) is 11.6 Å². The highest BCUT2D eigenvalue weighted by atomic mass is 16.3. The van der Waals surface area contributed by atoms with Crippen molar-refractivity contribution in [3.63, 3.8) is 0 Å². The van der Waals surface area contributed by atoms with E-state index in [0.717, 1.165) is 29.8 Å². The van der Waals surface area contributed by atoms with Crippen LogP contribution in [0.25, 0.3) is 11.0 Å². The molecule has 1 fully saturated rings. The Hall–Kier alpha value is -1.55. The van der Waals surface area contributed by atoms with E-state index >= 15 is 0 Å². The van der Waals surface area contributed by atoms with Gasteiger partial charge in [-0.15, -0.1) is 0 Å². The predicted molar refractivity (Wildman–Crippen MR) is 67.1 cm³/mol. The van der Waals surface area contributed by atoms with E-state index in [1.807, 2.05) is 13.1 Å². The second-order valence-corrected chi connectivity index (χ2v) is 4.76. The third kappa shape index (κ3) is 1.89. The molecule has 0 spiro atoms. The molecule has 0 bridgehead atoms. The molecular weight excluding hydrogens is 214 g/mol. The fourth-order valence-electron chi connectivity index (χ4n) is 2.57. The molecule has 4 heteroatoms. The molecular formula is C13H17N3O. The maximum Gasteiger partial charge on any atom is 0.117 e. The monoisotopic (exact) mass is 231 g/mol. The molecule has 1 aliphatic rings. The van der Waals surface area contributed by atoms with Crippen LogP contribution in [0.5, 0.6) is 5.75 Å². The lowest BCUT2D eigenvalue weighted by molar-refractivity contribution is 0.476. The van der Waals surface area contributed by atoms with E-state index in [9.17, 15) is 5.11 Å². The average molecular weight is 231 g/mol. The third-order valence-electron chi connectivity index (χ3n) is 3.55. The summed E-state index contributed by atoms with van der Waals surface area (Å²) in [6.45, 7) is 1.12. The van der Waals surface area contributed by atoms with E-state index in [-0.39, 0.29) is 5.75 Å². The summed E-state index contributed by atoms with van der Waals surface area (Å²) >= 11 is 0. The number of phenolic OH excluding ortho intramolecular Hbond substituents is 1. The van der Waals surface area contributed by atoms with Crippen molar-refractivity contribution in [2.45, 2.75) is 25.3 Å². The summed E-state index contributed by atoms with van der Waals surface area (Å²) in [6.07, 6.45) is 3.45. The number of fused-ring (bicyclic) bond motifs is 1. The first-order chi connectivity index (χ1) is 8.24. The number of nitrogens with zero attached hydrogens (tertiary/aromatic N) is 2. The molecule has 0 radical (unpaired) electrons. The Morgan fingerprint density at radius 2 is 2.41 bits per heavy atom. The number of aromatic hydroxyl groups is 1. The van der Waals surface area contributed by atoms with Crippen molar-refractivity contribution in [2.24, 2.45) is 7.05 Å². The van der Waals surface area contributed by atoms with E-state index in [4.69, 9.17) is 0 Å². The van der Waals surface area contributed by atoms with Crippen LogP contribution in [0.3, 0.4) is 0 Å². The molecule has 4 nitrogen and oxygen atoms in total. The van der Waals surface area contributed by atoms with E-state index in [2.05, 4.69) is 14.9 Å². The van der Waals surface area contributed by atoms with E-state index < -0.39 is 0 Å². The molecule has 1 aromatic carbocycles. The largest absolute Gasteiger partial charge is 0.508 e. The van der Waals surface area contributed by atoms with Gasteiger partial charge in [0.25, 0.3) is 0 Å². The van der Waals surface area contributed by atoms with Gasteiger partial charge in [0.15, 0.2) is 0 Å². The van der Waals surface area contributed by atoms with E-state index in [1.165, 1.54) is 12.8 Å². The molecule has 1 atom stereocenters. The molecule has 17 heavy (non-hydrogen) atoms. The van der Waals surface area contributed by atoms with Crippen molar-refractivity contribution in [1.29, 1.82) is 0 Å². The number of nitrogens with one attached hydrogen (secondary N) is 1.